The van der Waals surface area contributed by atoms with Crippen LogP contribution in [0.4, 0.5) is 0 Å². The molecule has 0 aliphatic carbocycles. The van der Waals surface area contributed by atoms with Crippen molar-refractivity contribution in [2.45, 2.75) is 19.5 Å². The summed E-state index contributed by atoms with van der Waals surface area (Å²) in [6, 6.07) is 18.9. The maximum absolute atomic E-state index is 5.55. The molecule has 0 radical (unpaired) electrons. The van der Waals surface area contributed by atoms with Gasteiger partial charge in [-0.2, -0.15) is 0 Å². The van der Waals surface area contributed by atoms with Gasteiger partial charge in [-0.05, 0) is 18.6 Å². The first-order chi connectivity index (χ1) is 9.34. The van der Waals surface area contributed by atoms with E-state index in [-0.39, 0.29) is 0 Å². The number of fused-ring (bicyclic) bond motifs is 1. The van der Waals surface area contributed by atoms with Crippen LogP contribution in [0.25, 0.3) is 11.0 Å². The predicted octanol–water partition coefficient (Wildman–Crippen LogP) is 4.28. The molecule has 0 fully saturated rings. The van der Waals surface area contributed by atoms with Gasteiger partial charge in [0.25, 0.3) is 0 Å². The summed E-state index contributed by atoms with van der Waals surface area (Å²) in [5.74, 6) is 0. The zero-order chi connectivity index (χ0) is 13.1. The van der Waals surface area contributed by atoms with Crippen LogP contribution >= 0.6 is 0 Å². The average molecular weight is 251 g/mol. The summed E-state index contributed by atoms with van der Waals surface area (Å²) in [7, 11) is 0. The second kappa shape index (κ2) is 5.29. The van der Waals surface area contributed by atoms with E-state index in [0.717, 1.165) is 12.1 Å². The molecule has 1 heterocycles. The summed E-state index contributed by atoms with van der Waals surface area (Å²) in [5.41, 5.74) is 3.46. The van der Waals surface area contributed by atoms with Gasteiger partial charge in [-0.3, -0.25) is 0 Å². The van der Waals surface area contributed by atoms with Gasteiger partial charge < -0.3 is 9.73 Å². The van der Waals surface area contributed by atoms with Crippen LogP contribution in [-0.4, -0.2) is 0 Å². The van der Waals surface area contributed by atoms with E-state index < -0.39 is 0 Å². The minimum Gasteiger partial charge on any atom is -0.464 e. The second-order valence-electron chi connectivity index (χ2n) is 4.77. The third-order valence-corrected chi connectivity index (χ3v) is 3.46. The number of rotatable bonds is 4. The van der Waals surface area contributed by atoms with Crippen molar-refractivity contribution in [2.75, 3.05) is 0 Å². The van der Waals surface area contributed by atoms with Crippen molar-refractivity contribution in [3.8, 4) is 0 Å². The highest BCUT2D eigenvalue weighted by Gasteiger charge is 2.07. The van der Waals surface area contributed by atoms with E-state index in [1.807, 2.05) is 30.5 Å². The number of nitrogens with one attached hydrogen (secondary N) is 1. The van der Waals surface area contributed by atoms with Gasteiger partial charge in [-0.25, -0.2) is 0 Å². The lowest BCUT2D eigenvalue weighted by molar-refractivity contribution is 0.562. The summed E-state index contributed by atoms with van der Waals surface area (Å²) in [6.45, 7) is 2.99. The van der Waals surface area contributed by atoms with Gasteiger partial charge in [-0.1, -0.05) is 48.5 Å². The Morgan fingerprint density at radius 3 is 2.58 bits per heavy atom. The molecular formula is C17H17NO. The zero-order valence-electron chi connectivity index (χ0n) is 11.0. The maximum atomic E-state index is 5.55. The summed E-state index contributed by atoms with van der Waals surface area (Å²) < 4.78 is 5.55. The molecule has 1 N–H and O–H groups in total. The normalized spacial score (nSPS) is 12.7. The van der Waals surface area contributed by atoms with E-state index in [1.165, 1.54) is 16.5 Å². The van der Waals surface area contributed by atoms with Crippen LogP contribution in [0.2, 0.25) is 0 Å². The van der Waals surface area contributed by atoms with Gasteiger partial charge in [0.1, 0.15) is 5.58 Å². The highest BCUT2D eigenvalue weighted by Crippen LogP contribution is 2.21. The third kappa shape index (κ3) is 2.54. The Bertz CT molecular complexity index is 657. The smallest absolute Gasteiger partial charge is 0.134 e. The number of hydrogen-bond donors (Lipinski definition) is 1. The lowest BCUT2D eigenvalue weighted by atomic mass is 10.1. The van der Waals surface area contributed by atoms with Crippen molar-refractivity contribution in [2.24, 2.45) is 0 Å². The minimum atomic E-state index is 0.329. The van der Waals surface area contributed by atoms with Gasteiger partial charge in [0.05, 0.1) is 6.26 Å². The second-order valence-corrected chi connectivity index (χ2v) is 4.77. The predicted molar refractivity (Wildman–Crippen MR) is 77.9 cm³/mol. The molecule has 2 heteroatoms. The first kappa shape index (κ1) is 12.0. The minimum absolute atomic E-state index is 0.329. The average Bonchev–Trinajstić information content (AvgIpc) is 2.89. The number of para-hydroxylation sites is 1. The van der Waals surface area contributed by atoms with Crippen molar-refractivity contribution in [3.05, 3.63) is 72.0 Å². The van der Waals surface area contributed by atoms with E-state index in [9.17, 15) is 0 Å². The molecular weight excluding hydrogens is 234 g/mol. The molecule has 0 saturated carbocycles. The molecule has 3 aromatic rings. The van der Waals surface area contributed by atoms with Gasteiger partial charge in [-0.15, -0.1) is 0 Å². The lowest BCUT2D eigenvalue weighted by Crippen LogP contribution is -2.17. The molecule has 0 amide bonds. The molecule has 0 spiro atoms. The largest absolute Gasteiger partial charge is 0.464 e. The molecule has 0 aliphatic heterocycles. The van der Waals surface area contributed by atoms with Crippen LogP contribution in [0.15, 0.2) is 65.3 Å². The van der Waals surface area contributed by atoms with Crippen LogP contribution in [-0.2, 0) is 6.54 Å². The molecule has 19 heavy (non-hydrogen) atoms. The SMILES string of the molecule is C[C@H](NCc1coc2ccccc12)c1ccccc1. The topological polar surface area (TPSA) is 25.2 Å². The Morgan fingerprint density at radius 2 is 1.74 bits per heavy atom. The molecule has 0 unspecified atom stereocenters. The fourth-order valence-electron chi connectivity index (χ4n) is 2.29. The van der Waals surface area contributed by atoms with Crippen molar-refractivity contribution in [3.63, 3.8) is 0 Å². The van der Waals surface area contributed by atoms with E-state index in [4.69, 9.17) is 4.42 Å². The molecule has 2 nitrogen and oxygen atoms in total. The fourth-order valence-corrected chi connectivity index (χ4v) is 2.29. The van der Waals surface area contributed by atoms with Crippen molar-refractivity contribution >= 4 is 11.0 Å². The molecule has 3 rings (SSSR count). The van der Waals surface area contributed by atoms with Crippen LogP contribution < -0.4 is 5.32 Å². The quantitative estimate of drug-likeness (QED) is 0.748. The number of hydrogen-bond acceptors (Lipinski definition) is 2. The molecule has 0 aliphatic rings. The monoisotopic (exact) mass is 251 g/mol. The Morgan fingerprint density at radius 1 is 1.00 bits per heavy atom. The Kier molecular flexibility index (Phi) is 3.34. The number of benzene rings is 2. The molecule has 0 saturated heterocycles. The van der Waals surface area contributed by atoms with Gasteiger partial charge in [0, 0.05) is 23.5 Å². The van der Waals surface area contributed by atoms with Crippen LogP contribution in [0.5, 0.6) is 0 Å². The van der Waals surface area contributed by atoms with Crippen LogP contribution in [0, 0.1) is 0 Å². The number of furan rings is 1. The van der Waals surface area contributed by atoms with Crippen LogP contribution in [0.1, 0.15) is 24.1 Å². The summed E-state index contributed by atoms with van der Waals surface area (Å²) >= 11 is 0. The first-order valence-electron chi connectivity index (χ1n) is 6.58. The Labute approximate surface area is 113 Å². The molecule has 1 aromatic heterocycles. The molecule has 96 valence electrons. The van der Waals surface area contributed by atoms with Crippen LogP contribution in [0.3, 0.4) is 0 Å². The van der Waals surface area contributed by atoms with E-state index in [1.54, 1.807) is 0 Å². The molecule has 2 aromatic carbocycles. The zero-order valence-corrected chi connectivity index (χ0v) is 11.0. The Hall–Kier alpha value is -2.06. The lowest BCUT2D eigenvalue weighted by Gasteiger charge is -2.13. The summed E-state index contributed by atoms with van der Waals surface area (Å²) in [4.78, 5) is 0. The van der Waals surface area contributed by atoms with E-state index in [0.29, 0.717) is 6.04 Å². The van der Waals surface area contributed by atoms with Gasteiger partial charge >= 0.3 is 0 Å². The van der Waals surface area contributed by atoms with Gasteiger partial charge in [0.2, 0.25) is 0 Å². The third-order valence-electron chi connectivity index (χ3n) is 3.46. The van der Waals surface area contributed by atoms with Gasteiger partial charge in [0.15, 0.2) is 0 Å². The fraction of sp³-hybridized carbons (Fsp3) is 0.176. The van der Waals surface area contributed by atoms with Crippen molar-refractivity contribution in [1.82, 2.24) is 5.32 Å². The van der Waals surface area contributed by atoms with E-state index >= 15 is 0 Å². The maximum Gasteiger partial charge on any atom is 0.134 e. The summed E-state index contributed by atoms with van der Waals surface area (Å²) in [5, 5.41) is 4.72. The van der Waals surface area contributed by atoms with E-state index in [2.05, 4.69) is 42.6 Å². The highest BCUT2D eigenvalue weighted by molar-refractivity contribution is 5.80. The standard InChI is InChI=1S/C17H17NO/c1-13(14-7-3-2-4-8-14)18-11-15-12-19-17-10-6-5-9-16(15)17/h2-10,12-13,18H,11H2,1H3/t13-/m0/s1. The molecule has 1 atom stereocenters. The first-order valence-corrected chi connectivity index (χ1v) is 6.58. The summed E-state index contributed by atoms with van der Waals surface area (Å²) in [6.07, 6.45) is 1.84. The Balaban J connectivity index is 1.73. The molecule has 0 bridgehead atoms. The van der Waals surface area contributed by atoms with Crippen molar-refractivity contribution in [1.29, 1.82) is 0 Å². The van der Waals surface area contributed by atoms with Crippen molar-refractivity contribution < 1.29 is 4.42 Å². The highest BCUT2D eigenvalue weighted by atomic mass is 16.3.